The molecule has 1 aliphatic rings. The lowest BCUT2D eigenvalue weighted by atomic mass is 9.94. The van der Waals surface area contributed by atoms with Gasteiger partial charge in [-0.05, 0) is 73.0 Å². The minimum absolute atomic E-state index is 0.0939. The highest BCUT2D eigenvalue weighted by molar-refractivity contribution is 6.46. The maximum Gasteiger partial charge on any atom is 0.295 e. The van der Waals surface area contributed by atoms with Gasteiger partial charge in [-0.25, -0.2) is 0 Å². The number of ketones is 1. The van der Waals surface area contributed by atoms with Crippen LogP contribution in [0.1, 0.15) is 56.0 Å². The van der Waals surface area contributed by atoms with E-state index in [1.807, 2.05) is 67.6 Å². The Bertz CT molecular complexity index is 1390. The van der Waals surface area contributed by atoms with Crippen molar-refractivity contribution in [2.24, 2.45) is 5.92 Å². The van der Waals surface area contributed by atoms with Crippen LogP contribution in [0.5, 0.6) is 11.5 Å². The molecule has 0 aromatic heterocycles. The van der Waals surface area contributed by atoms with Gasteiger partial charge in [-0.1, -0.05) is 70.2 Å². The summed E-state index contributed by atoms with van der Waals surface area (Å²) in [7, 11) is 0. The van der Waals surface area contributed by atoms with Gasteiger partial charge in [0, 0.05) is 18.7 Å². The molecular formula is C35H42N2O5. The number of aliphatic hydroxyl groups is 1. The van der Waals surface area contributed by atoms with Crippen LogP contribution in [0.15, 0.2) is 78.4 Å². The number of nitrogens with zero attached hydrogens (tertiary/aromatic N) is 2. The minimum atomic E-state index is -0.722. The van der Waals surface area contributed by atoms with Crippen molar-refractivity contribution in [2.45, 2.75) is 47.3 Å². The van der Waals surface area contributed by atoms with E-state index in [1.165, 1.54) is 0 Å². The molecule has 1 aliphatic heterocycles. The lowest BCUT2D eigenvalue weighted by Gasteiger charge is -2.28. The average molecular weight is 571 g/mol. The number of aliphatic hydroxyl groups excluding tert-OH is 1. The molecule has 4 rings (SSSR count). The summed E-state index contributed by atoms with van der Waals surface area (Å²) in [6.07, 6.45) is 0. The molecule has 0 aliphatic carbocycles. The number of Topliss-reactive ketones (excluding diaryl/α,β-unsaturated/α-hetero) is 1. The third-order valence-corrected chi connectivity index (χ3v) is 7.57. The number of carbonyl (C=O) groups is 2. The number of hydrogen-bond acceptors (Lipinski definition) is 6. The normalized spacial score (nSPS) is 16.5. The molecule has 1 fully saturated rings. The van der Waals surface area contributed by atoms with Gasteiger partial charge >= 0.3 is 0 Å². The minimum Gasteiger partial charge on any atom is -0.507 e. The number of hydrogen-bond donors (Lipinski definition) is 1. The molecule has 0 bridgehead atoms. The van der Waals surface area contributed by atoms with Crippen molar-refractivity contribution < 1.29 is 24.2 Å². The quantitative estimate of drug-likeness (QED) is 0.146. The van der Waals surface area contributed by atoms with E-state index in [1.54, 1.807) is 17.0 Å². The number of amides is 1. The molecule has 0 spiro atoms. The smallest absolute Gasteiger partial charge is 0.295 e. The van der Waals surface area contributed by atoms with Crippen molar-refractivity contribution in [2.75, 3.05) is 32.8 Å². The molecule has 42 heavy (non-hydrogen) atoms. The third kappa shape index (κ3) is 7.21. The van der Waals surface area contributed by atoms with Gasteiger partial charge in [0.25, 0.3) is 11.7 Å². The van der Waals surface area contributed by atoms with Crippen LogP contribution in [0, 0.1) is 12.8 Å². The summed E-state index contributed by atoms with van der Waals surface area (Å²) in [4.78, 5) is 30.7. The summed E-state index contributed by atoms with van der Waals surface area (Å²) in [5.41, 5.74) is 3.14. The number of benzene rings is 3. The highest BCUT2D eigenvalue weighted by Crippen LogP contribution is 2.40. The first-order chi connectivity index (χ1) is 20.2. The molecule has 0 radical (unpaired) electrons. The van der Waals surface area contributed by atoms with E-state index in [-0.39, 0.29) is 11.3 Å². The topological polar surface area (TPSA) is 79.3 Å². The number of carbonyl (C=O) groups excluding carboxylic acids is 2. The summed E-state index contributed by atoms with van der Waals surface area (Å²) >= 11 is 0. The van der Waals surface area contributed by atoms with Crippen molar-refractivity contribution >= 4 is 17.4 Å². The molecule has 3 aromatic carbocycles. The summed E-state index contributed by atoms with van der Waals surface area (Å²) in [5, 5.41) is 11.6. The number of aryl methyl sites for hydroxylation is 1. The Morgan fingerprint density at radius 1 is 0.929 bits per heavy atom. The number of rotatable bonds is 13. The Kier molecular flexibility index (Phi) is 10.4. The summed E-state index contributed by atoms with van der Waals surface area (Å²) in [6.45, 7) is 13.8. The van der Waals surface area contributed by atoms with E-state index < -0.39 is 17.7 Å². The van der Waals surface area contributed by atoms with E-state index in [2.05, 4.69) is 32.6 Å². The van der Waals surface area contributed by atoms with E-state index in [0.29, 0.717) is 49.3 Å². The molecular weight excluding hydrogens is 528 g/mol. The van der Waals surface area contributed by atoms with Crippen LogP contribution in [0.25, 0.3) is 5.76 Å². The zero-order valence-electron chi connectivity index (χ0n) is 25.3. The monoisotopic (exact) mass is 570 g/mol. The third-order valence-electron chi connectivity index (χ3n) is 7.57. The van der Waals surface area contributed by atoms with Crippen LogP contribution in [-0.2, 0) is 16.2 Å². The molecule has 7 nitrogen and oxygen atoms in total. The van der Waals surface area contributed by atoms with Crippen molar-refractivity contribution in [3.8, 4) is 11.5 Å². The SMILES string of the molecule is CCN(CC)CCN1C(=O)C(=O)C(=C(O)c2ccc(OCC(C)C)cc2C)C1c1ccc(OCc2ccccc2)cc1. The van der Waals surface area contributed by atoms with Crippen molar-refractivity contribution in [1.82, 2.24) is 9.80 Å². The lowest BCUT2D eigenvalue weighted by Crippen LogP contribution is -2.38. The van der Waals surface area contributed by atoms with Crippen molar-refractivity contribution in [3.63, 3.8) is 0 Å². The Balaban J connectivity index is 1.68. The maximum absolute atomic E-state index is 13.5. The second kappa shape index (κ2) is 14.2. The largest absolute Gasteiger partial charge is 0.507 e. The van der Waals surface area contributed by atoms with Gasteiger partial charge in [-0.3, -0.25) is 9.59 Å². The van der Waals surface area contributed by atoms with Crippen LogP contribution in [0.3, 0.4) is 0 Å². The van der Waals surface area contributed by atoms with E-state index in [0.717, 1.165) is 29.8 Å². The summed E-state index contributed by atoms with van der Waals surface area (Å²) in [6, 6.07) is 22.0. The first-order valence-electron chi connectivity index (χ1n) is 14.7. The Morgan fingerprint density at radius 3 is 2.21 bits per heavy atom. The van der Waals surface area contributed by atoms with Gasteiger partial charge in [0.1, 0.15) is 23.9 Å². The van der Waals surface area contributed by atoms with E-state index in [9.17, 15) is 14.7 Å². The van der Waals surface area contributed by atoms with Crippen molar-refractivity contribution in [1.29, 1.82) is 0 Å². The molecule has 1 N–H and O–H groups in total. The number of likely N-dealkylation sites (N-methyl/N-ethyl adjacent to an activating group) is 1. The van der Waals surface area contributed by atoms with E-state index in [4.69, 9.17) is 9.47 Å². The van der Waals surface area contributed by atoms with Gasteiger partial charge in [-0.15, -0.1) is 0 Å². The van der Waals surface area contributed by atoms with Crippen LogP contribution in [0.4, 0.5) is 0 Å². The predicted octanol–water partition coefficient (Wildman–Crippen LogP) is 6.37. The molecule has 1 saturated heterocycles. The Labute approximate surface area is 249 Å². The zero-order chi connectivity index (χ0) is 30.2. The Morgan fingerprint density at radius 2 is 1.60 bits per heavy atom. The second-order valence-electron chi connectivity index (χ2n) is 11.0. The van der Waals surface area contributed by atoms with Crippen LogP contribution < -0.4 is 9.47 Å². The fraction of sp³-hybridized carbons (Fsp3) is 0.371. The van der Waals surface area contributed by atoms with Gasteiger partial charge in [0.15, 0.2) is 0 Å². The molecule has 1 heterocycles. The van der Waals surface area contributed by atoms with Crippen LogP contribution in [0.2, 0.25) is 0 Å². The fourth-order valence-corrected chi connectivity index (χ4v) is 5.13. The molecule has 1 atom stereocenters. The molecule has 0 saturated carbocycles. The molecule has 222 valence electrons. The highest BCUT2D eigenvalue weighted by atomic mass is 16.5. The van der Waals surface area contributed by atoms with E-state index >= 15 is 0 Å². The molecule has 3 aromatic rings. The fourth-order valence-electron chi connectivity index (χ4n) is 5.13. The summed E-state index contributed by atoms with van der Waals surface area (Å²) in [5.74, 6) is 0.283. The maximum atomic E-state index is 13.5. The Hall–Kier alpha value is -4.10. The molecule has 1 amide bonds. The lowest BCUT2D eigenvalue weighted by molar-refractivity contribution is -0.140. The number of likely N-dealkylation sites (tertiary alicyclic amines) is 1. The number of ether oxygens (including phenoxy) is 2. The highest BCUT2D eigenvalue weighted by Gasteiger charge is 2.46. The first-order valence-corrected chi connectivity index (χ1v) is 14.7. The predicted molar refractivity (Wildman–Crippen MR) is 166 cm³/mol. The van der Waals surface area contributed by atoms with Crippen LogP contribution >= 0.6 is 0 Å². The van der Waals surface area contributed by atoms with Crippen LogP contribution in [-0.4, -0.2) is 59.4 Å². The zero-order valence-corrected chi connectivity index (χ0v) is 25.3. The second-order valence-corrected chi connectivity index (χ2v) is 11.0. The molecule has 7 heteroatoms. The van der Waals surface area contributed by atoms with Gasteiger partial charge in [0.2, 0.25) is 0 Å². The molecule has 1 unspecified atom stereocenters. The first kappa shape index (κ1) is 30.8. The van der Waals surface area contributed by atoms with Crippen molar-refractivity contribution in [3.05, 3.63) is 101 Å². The van der Waals surface area contributed by atoms with Gasteiger partial charge in [0.05, 0.1) is 18.2 Å². The van der Waals surface area contributed by atoms with Gasteiger partial charge < -0.3 is 24.4 Å². The average Bonchev–Trinajstić information content (AvgIpc) is 3.25. The van der Waals surface area contributed by atoms with Gasteiger partial charge in [-0.2, -0.15) is 0 Å². The summed E-state index contributed by atoms with van der Waals surface area (Å²) < 4.78 is 11.8. The standard InChI is InChI=1S/C35H42N2O5/c1-6-36(7-2)19-20-37-32(27-13-15-28(16-14-27)42-23-26-11-9-8-10-12-26)31(34(39)35(37)40)33(38)30-18-17-29(21-25(30)5)41-22-24(3)4/h8-18,21,24,32,38H,6-7,19-20,22-23H2,1-5H3.